The maximum absolute atomic E-state index is 2.42. The molecule has 0 fully saturated rings. The smallest absolute Gasteiger partial charge is 0.201 e. The fourth-order valence-corrected chi connectivity index (χ4v) is 4.60. The van der Waals surface area contributed by atoms with Crippen LogP contribution in [-0.2, 0) is 26.3 Å². The first kappa shape index (κ1) is 17.2. The molecule has 5 rings (SSSR count). The number of fused-ring (bicyclic) bond motifs is 6. The minimum Gasteiger partial charge on any atom is -0.201 e. The number of nitrogens with zero attached hydrogens (tertiary/aromatic N) is 1. The molecule has 0 aliphatic heterocycles. The molecule has 0 saturated carbocycles. The van der Waals surface area contributed by atoms with Crippen LogP contribution >= 0.6 is 0 Å². The van der Waals surface area contributed by atoms with Gasteiger partial charge >= 0.3 is 0 Å². The molecular formula is C27H26N+. The van der Waals surface area contributed by atoms with Crippen LogP contribution in [0, 0.1) is 6.92 Å². The van der Waals surface area contributed by atoms with Crippen LogP contribution < -0.4 is 4.57 Å². The summed E-state index contributed by atoms with van der Waals surface area (Å²) < 4.78 is 2.25. The lowest BCUT2D eigenvalue weighted by Crippen LogP contribution is -2.30. The number of aromatic nitrogens is 1. The number of pyridine rings is 1. The molecule has 1 aliphatic rings. The number of hydrogen-bond donors (Lipinski definition) is 0. The van der Waals surface area contributed by atoms with Gasteiger partial charge in [-0.25, -0.2) is 4.57 Å². The van der Waals surface area contributed by atoms with E-state index in [9.17, 15) is 0 Å². The normalized spacial score (nSPS) is 13.5. The predicted octanol–water partition coefficient (Wildman–Crippen LogP) is 5.72. The molecule has 0 atom stereocenters. The number of benzene rings is 3. The van der Waals surface area contributed by atoms with E-state index in [0.717, 1.165) is 19.3 Å². The molecule has 0 amide bonds. The van der Waals surface area contributed by atoms with Crippen molar-refractivity contribution in [2.45, 2.75) is 32.6 Å². The zero-order chi connectivity index (χ0) is 19.1. The fourth-order valence-electron chi connectivity index (χ4n) is 4.60. The summed E-state index contributed by atoms with van der Waals surface area (Å²) in [5.74, 6) is 0. The summed E-state index contributed by atoms with van der Waals surface area (Å²) in [7, 11) is 2.15. The highest BCUT2D eigenvalue weighted by molar-refractivity contribution is 5.90. The van der Waals surface area contributed by atoms with Gasteiger partial charge in [0, 0.05) is 17.7 Å². The van der Waals surface area contributed by atoms with Crippen molar-refractivity contribution in [3.05, 3.63) is 101 Å². The van der Waals surface area contributed by atoms with Gasteiger partial charge in [-0.2, -0.15) is 0 Å². The van der Waals surface area contributed by atoms with Crippen LogP contribution in [-0.4, -0.2) is 0 Å². The van der Waals surface area contributed by atoms with Crippen LogP contribution in [0.5, 0.6) is 0 Å². The molecule has 1 aliphatic carbocycles. The lowest BCUT2D eigenvalue weighted by molar-refractivity contribution is -0.660. The van der Waals surface area contributed by atoms with Gasteiger partial charge in [-0.15, -0.1) is 0 Å². The molecule has 28 heavy (non-hydrogen) atoms. The standard InChI is InChI=1S/C27H26N/c1-19-14-24-11-5-10-23-9-4-7-20-6-3-8-21(15-20)16-22-12-13-28(2)27(17-22)25(19)18-26(23)24/h3,5-6,8,10-15,17-18H,4,7,9,16H2,1-2H3/q+1. The summed E-state index contributed by atoms with van der Waals surface area (Å²) in [6.07, 6.45) is 6.63. The van der Waals surface area contributed by atoms with Crippen molar-refractivity contribution < 1.29 is 4.57 Å². The van der Waals surface area contributed by atoms with Crippen LogP contribution in [0.25, 0.3) is 22.0 Å². The predicted molar refractivity (Wildman–Crippen MR) is 117 cm³/mol. The zero-order valence-electron chi connectivity index (χ0n) is 16.7. The zero-order valence-corrected chi connectivity index (χ0v) is 16.7. The fraction of sp³-hybridized carbons (Fsp3) is 0.222. The Morgan fingerprint density at radius 2 is 1.61 bits per heavy atom. The topological polar surface area (TPSA) is 3.88 Å². The highest BCUT2D eigenvalue weighted by Crippen LogP contribution is 2.30. The quantitative estimate of drug-likeness (QED) is 0.351. The van der Waals surface area contributed by atoms with Crippen molar-refractivity contribution in [3.8, 4) is 11.3 Å². The van der Waals surface area contributed by atoms with Gasteiger partial charge in [0.15, 0.2) is 6.20 Å². The van der Waals surface area contributed by atoms with Crippen molar-refractivity contribution in [2.75, 3.05) is 0 Å². The molecule has 0 radical (unpaired) electrons. The van der Waals surface area contributed by atoms with Gasteiger partial charge in [0.1, 0.15) is 7.05 Å². The average Bonchev–Trinajstić information content (AvgIpc) is 2.69. The average molecular weight is 365 g/mol. The third-order valence-electron chi connectivity index (χ3n) is 6.12. The van der Waals surface area contributed by atoms with Crippen molar-refractivity contribution in [1.82, 2.24) is 0 Å². The molecular weight excluding hydrogens is 338 g/mol. The third-order valence-corrected chi connectivity index (χ3v) is 6.12. The lowest BCUT2D eigenvalue weighted by Gasteiger charge is -2.13. The van der Waals surface area contributed by atoms with E-state index in [1.165, 1.54) is 56.3 Å². The molecule has 0 spiro atoms. The van der Waals surface area contributed by atoms with E-state index >= 15 is 0 Å². The first-order chi connectivity index (χ1) is 13.7. The van der Waals surface area contributed by atoms with Gasteiger partial charge in [-0.3, -0.25) is 0 Å². The van der Waals surface area contributed by atoms with Crippen LogP contribution in [0.1, 0.15) is 34.2 Å². The van der Waals surface area contributed by atoms with Gasteiger partial charge in [0.05, 0.1) is 0 Å². The van der Waals surface area contributed by atoms with Crippen molar-refractivity contribution in [2.24, 2.45) is 7.05 Å². The Hall–Kier alpha value is -2.93. The highest BCUT2D eigenvalue weighted by Gasteiger charge is 2.16. The SMILES string of the molecule is Cc1cc2cccc3c2cc1-c1cc(cc[n+]1C)Cc1cccc(c1)CCC3. The minimum absolute atomic E-state index is 0.986. The maximum atomic E-state index is 2.42. The largest absolute Gasteiger partial charge is 0.212 e. The van der Waals surface area contributed by atoms with Crippen LogP contribution in [0.3, 0.4) is 0 Å². The molecule has 6 bridgehead atoms. The van der Waals surface area contributed by atoms with Crippen LogP contribution in [0.15, 0.2) is 72.9 Å². The Bertz CT molecular complexity index is 1190. The molecule has 0 N–H and O–H groups in total. The van der Waals surface area contributed by atoms with Crippen molar-refractivity contribution in [1.29, 1.82) is 0 Å². The van der Waals surface area contributed by atoms with Crippen LogP contribution in [0.4, 0.5) is 0 Å². The Kier molecular flexibility index (Phi) is 4.24. The highest BCUT2D eigenvalue weighted by atomic mass is 14.9. The van der Waals surface area contributed by atoms with E-state index in [-0.39, 0.29) is 0 Å². The van der Waals surface area contributed by atoms with E-state index in [4.69, 9.17) is 0 Å². The summed E-state index contributed by atoms with van der Waals surface area (Å²) in [6.45, 7) is 2.24. The number of hydrogen-bond acceptors (Lipinski definition) is 0. The monoisotopic (exact) mass is 364 g/mol. The Morgan fingerprint density at radius 1 is 0.786 bits per heavy atom. The molecule has 0 unspecified atom stereocenters. The molecule has 1 aromatic heterocycles. The van der Waals surface area contributed by atoms with Crippen molar-refractivity contribution >= 4 is 10.8 Å². The summed E-state index contributed by atoms with van der Waals surface area (Å²) in [4.78, 5) is 0. The third kappa shape index (κ3) is 3.11. The van der Waals surface area contributed by atoms with Crippen LogP contribution in [0.2, 0.25) is 0 Å². The van der Waals surface area contributed by atoms with Gasteiger partial charge in [-0.05, 0) is 77.3 Å². The molecule has 1 nitrogen and oxygen atoms in total. The summed E-state index contributed by atoms with van der Waals surface area (Å²) >= 11 is 0. The Labute approximate surface area is 167 Å². The second kappa shape index (κ2) is 6.91. The van der Waals surface area contributed by atoms with Gasteiger partial charge in [0.2, 0.25) is 5.69 Å². The molecule has 4 aromatic rings. The number of aryl methyl sites for hydroxylation is 4. The van der Waals surface area contributed by atoms with E-state index < -0.39 is 0 Å². The molecule has 1 heteroatoms. The first-order valence-electron chi connectivity index (χ1n) is 10.3. The molecule has 1 heterocycles. The van der Waals surface area contributed by atoms with Crippen molar-refractivity contribution in [3.63, 3.8) is 0 Å². The maximum Gasteiger partial charge on any atom is 0.212 e. The second-order valence-electron chi connectivity index (χ2n) is 8.19. The van der Waals surface area contributed by atoms with Gasteiger partial charge in [-0.1, -0.05) is 48.5 Å². The summed E-state index contributed by atoms with van der Waals surface area (Å²) in [5.41, 5.74) is 9.66. The summed E-state index contributed by atoms with van der Waals surface area (Å²) in [6, 6.07) is 25.3. The minimum atomic E-state index is 0.986. The van der Waals surface area contributed by atoms with E-state index in [0.29, 0.717) is 0 Å². The Morgan fingerprint density at radius 3 is 2.54 bits per heavy atom. The Balaban J connectivity index is 1.76. The molecule has 3 aromatic carbocycles. The van der Waals surface area contributed by atoms with Gasteiger partial charge < -0.3 is 0 Å². The van der Waals surface area contributed by atoms with E-state index in [1.54, 1.807) is 0 Å². The summed E-state index contributed by atoms with van der Waals surface area (Å²) in [5, 5.41) is 2.76. The van der Waals surface area contributed by atoms with E-state index in [2.05, 4.69) is 91.5 Å². The lowest BCUT2D eigenvalue weighted by atomic mass is 9.92. The van der Waals surface area contributed by atoms with Gasteiger partial charge in [0.25, 0.3) is 0 Å². The second-order valence-corrected chi connectivity index (χ2v) is 8.19. The number of rotatable bonds is 0. The first-order valence-corrected chi connectivity index (χ1v) is 10.3. The molecule has 0 saturated heterocycles. The molecule has 138 valence electrons. The van der Waals surface area contributed by atoms with E-state index in [1.807, 2.05) is 0 Å².